The van der Waals surface area contributed by atoms with Crippen LogP contribution in [0.2, 0.25) is 0 Å². The molecule has 8 heteroatoms. The molecular formula is C11H14O8. The number of carbonyl (C=O) groups is 4. The molecule has 0 aromatic rings. The third kappa shape index (κ3) is 3.21. The van der Waals surface area contributed by atoms with Crippen LogP contribution >= 0.6 is 0 Å². The van der Waals surface area contributed by atoms with Gasteiger partial charge in [-0.2, -0.15) is 0 Å². The molecule has 0 aromatic carbocycles. The molecule has 0 heterocycles. The van der Waals surface area contributed by atoms with Crippen molar-refractivity contribution in [2.75, 3.05) is 0 Å². The van der Waals surface area contributed by atoms with E-state index in [1.807, 2.05) is 0 Å². The molecule has 0 saturated heterocycles. The Morgan fingerprint density at radius 2 is 1.11 bits per heavy atom. The standard InChI is InChI=1S/C11H14O8/c12-7(13)3-5(9(16)17)11(1-2-11)6(10(18)19)4-8(14)15/h5-6H,1-4H2,(H,12,13)(H,14,15)(H,16,17)(H,18,19). The molecular weight excluding hydrogens is 260 g/mol. The predicted octanol–water partition coefficient (Wildman–Crippen LogP) is 0.118. The van der Waals surface area contributed by atoms with Crippen molar-refractivity contribution < 1.29 is 39.6 Å². The Kier molecular flexibility index (Phi) is 4.13. The average Bonchev–Trinajstić information content (AvgIpc) is 3.02. The topological polar surface area (TPSA) is 149 Å². The molecule has 0 amide bonds. The van der Waals surface area contributed by atoms with Crippen molar-refractivity contribution in [3.8, 4) is 0 Å². The molecule has 1 aliphatic rings. The SMILES string of the molecule is O=C(O)CC(C(=O)O)C1(C(CC(=O)O)C(=O)O)CC1. The van der Waals surface area contributed by atoms with Crippen molar-refractivity contribution in [1.82, 2.24) is 0 Å². The molecule has 0 aliphatic heterocycles. The zero-order valence-electron chi connectivity index (χ0n) is 9.90. The number of carboxylic acids is 4. The minimum absolute atomic E-state index is 0.210. The second-order valence-electron chi connectivity index (χ2n) is 4.71. The minimum atomic E-state index is -1.41. The van der Waals surface area contributed by atoms with Gasteiger partial charge >= 0.3 is 23.9 Å². The van der Waals surface area contributed by atoms with Gasteiger partial charge < -0.3 is 20.4 Å². The van der Waals surface area contributed by atoms with Gasteiger partial charge in [0.2, 0.25) is 0 Å². The van der Waals surface area contributed by atoms with Gasteiger partial charge in [0.1, 0.15) is 0 Å². The van der Waals surface area contributed by atoms with Gasteiger partial charge in [0, 0.05) is 0 Å². The Balaban J connectivity index is 3.03. The van der Waals surface area contributed by atoms with Crippen LogP contribution in [0.5, 0.6) is 0 Å². The fourth-order valence-electron chi connectivity index (χ4n) is 2.51. The van der Waals surface area contributed by atoms with Gasteiger partial charge in [-0.05, 0) is 18.3 Å². The van der Waals surface area contributed by atoms with Crippen LogP contribution in [0, 0.1) is 17.3 Å². The first-order valence-corrected chi connectivity index (χ1v) is 5.60. The Bertz CT molecular complexity index is 386. The monoisotopic (exact) mass is 274 g/mol. The van der Waals surface area contributed by atoms with E-state index in [2.05, 4.69) is 0 Å². The average molecular weight is 274 g/mol. The predicted molar refractivity (Wildman–Crippen MR) is 58.4 cm³/mol. The van der Waals surface area contributed by atoms with Gasteiger partial charge in [0.05, 0.1) is 24.7 Å². The smallest absolute Gasteiger partial charge is 0.307 e. The Hall–Kier alpha value is -2.12. The third-order valence-corrected chi connectivity index (χ3v) is 3.57. The summed E-state index contributed by atoms with van der Waals surface area (Å²) in [6, 6.07) is 0. The molecule has 0 bridgehead atoms. The molecule has 106 valence electrons. The number of aliphatic carboxylic acids is 4. The maximum absolute atomic E-state index is 11.1. The summed E-state index contributed by atoms with van der Waals surface area (Å²) in [5, 5.41) is 35.5. The summed E-state index contributed by atoms with van der Waals surface area (Å²) in [7, 11) is 0. The highest BCUT2D eigenvalue weighted by Gasteiger charge is 2.60. The van der Waals surface area contributed by atoms with Gasteiger partial charge in [-0.3, -0.25) is 19.2 Å². The molecule has 2 unspecified atom stereocenters. The van der Waals surface area contributed by atoms with E-state index in [4.69, 9.17) is 20.4 Å². The maximum Gasteiger partial charge on any atom is 0.307 e. The quantitative estimate of drug-likeness (QED) is 0.487. The van der Waals surface area contributed by atoms with E-state index in [0.29, 0.717) is 0 Å². The highest BCUT2D eigenvalue weighted by molar-refractivity contribution is 5.83. The zero-order chi connectivity index (χ0) is 14.8. The van der Waals surface area contributed by atoms with Crippen LogP contribution in [0.4, 0.5) is 0 Å². The molecule has 1 aliphatic carbocycles. The summed E-state index contributed by atoms with van der Waals surface area (Å²) >= 11 is 0. The van der Waals surface area contributed by atoms with Crippen LogP contribution in [0.25, 0.3) is 0 Å². The van der Waals surface area contributed by atoms with E-state index < -0.39 is 54.0 Å². The number of hydrogen-bond acceptors (Lipinski definition) is 4. The van der Waals surface area contributed by atoms with Crippen molar-refractivity contribution in [1.29, 1.82) is 0 Å². The summed E-state index contributed by atoms with van der Waals surface area (Å²) in [5.41, 5.74) is -1.27. The lowest BCUT2D eigenvalue weighted by Gasteiger charge is -2.27. The largest absolute Gasteiger partial charge is 0.481 e. The summed E-state index contributed by atoms with van der Waals surface area (Å²) in [6.45, 7) is 0. The van der Waals surface area contributed by atoms with Crippen LogP contribution in [-0.2, 0) is 19.2 Å². The van der Waals surface area contributed by atoms with Crippen LogP contribution in [-0.4, -0.2) is 44.3 Å². The van der Waals surface area contributed by atoms with Crippen molar-refractivity contribution in [2.45, 2.75) is 25.7 Å². The lowest BCUT2D eigenvalue weighted by molar-refractivity contribution is -0.159. The van der Waals surface area contributed by atoms with Crippen molar-refractivity contribution in [2.24, 2.45) is 17.3 Å². The molecule has 8 nitrogen and oxygen atoms in total. The van der Waals surface area contributed by atoms with E-state index in [0.717, 1.165) is 0 Å². The highest BCUT2D eigenvalue weighted by atomic mass is 16.4. The van der Waals surface area contributed by atoms with Gasteiger partial charge in [0.25, 0.3) is 0 Å². The van der Waals surface area contributed by atoms with Gasteiger partial charge in [-0.1, -0.05) is 0 Å². The maximum atomic E-state index is 11.1. The Morgan fingerprint density at radius 3 is 1.26 bits per heavy atom. The first kappa shape index (κ1) is 14.9. The second kappa shape index (κ2) is 5.25. The number of rotatable bonds is 8. The van der Waals surface area contributed by atoms with Crippen molar-refractivity contribution >= 4 is 23.9 Å². The summed E-state index contributed by atoms with van der Waals surface area (Å²) < 4.78 is 0. The molecule has 1 fully saturated rings. The number of hydrogen-bond donors (Lipinski definition) is 4. The summed E-state index contributed by atoms with van der Waals surface area (Å²) in [6.07, 6.45) is -1.000. The number of carboxylic acid groups (broad SMARTS) is 4. The Labute approximate surface area is 107 Å². The van der Waals surface area contributed by atoms with Crippen LogP contribution in [0.15, 0.2) is 0 Å². The molecule has 1 rings (SSSR count). The molecule has 0 spiro atoms. The van der Waals surface area contributed by atoms with E-state index in [1.165, 1.54) is 0 Å². The van der Waals surface area contributed by atoms with Gasteiger partial charge in [-0.25, -0.2) is 0 Å². The molecule has 2 atom stereocenters. The fourth-order valence-corrected chi connectivity index (χ4v) is 2.51. The fraction of sp³-hybridized carbons (Fsp3) is 0.636. The molecule has 0 radical (unpaired) electrons. The molecule has 0 aromatic heterocycles. The van der Waals surface area contributed by atoms with E-state index >= 15 is 0 Å². The van der Waals surface area contributed by atoms with Gasteiger partial charge in [0.15, 0.2) is 0 Å². The molecule has 1 saturated carbocycles. The van der Waals surface area contributed by atoms with Crippen molar-refractivity contribution in [3.63, 3.8) is 0 Å². The van der Waals surface area contributed by atoms with Gasteiger partial charge in [-0.15, -0.1) is 0 Å². The van der Waals surface area contributed by atoms with E-state index in [1.54, 1.807) is 0 Å². The van der Waals surface area contributed by atoms with E-state index in [9.17, 15) is 19.2 Å². The Morgan fingerprint density at radius 1 is 0.789 bits per heavy atom. The van der Waals surface area contributed by atoms with Crippen molar-refractivity contribution in [3.05, 3.63) is 0 Å². The van der Waals surface area contributed by atoms with Crippen LogP contribution in [0.1, 0.15) is 25.7 Å². The van der Waals surface area contributed by atoms with Crippen LogP contribution < -0.4 is 0 Å². The highest BCUT2D eigenvalue weighted by Crippen LogP contribution is 2.59. The third-order valence-electron chi connectivity index (χ3n) is 3.57. The van der Waals surface area contributed by atoms with E-state index in [-0.39, 0.29) is 12.8 Å². The first-order valence-electron chi connectivity index (χ1n) is 5.60. The lowest BCUT2D eigenvalue weighted by Crippen LogP contribution is -2.38. The normalized spacial score (nSPS) is 19.2. The summed E-state index contributed by atoms with van der Waals surface area (Å²) in [5.74, 6) is -8.28. The molecule has 4 N–H and O–H groups in total. The lowest BCUT2D eigenvalue weighted by atomic mass is 9.75. The second-order valence-corrected chi connectivity index (χ2v) is 4.71. The molecule has 19 heavy (non-hydrogen) atoms. The minimum Gasteiger partial charge on any atom is -0.481 e. The first-order chi connectivity index (χ1) is 8.70. The summed E-state index contributed by atoms with van der Waals surface area (Å²) in [4.78, 5) is 43.6. The van der Waals surface area contributed by atoms with Crippen LogP contribution in [0.3, 0.4) is 0 Å². The zero-order valence-corrected chi connectivity index (χ0v) is 9.90.